The largest absolute Gasteiger partial charge is 0.506 e. The van der Waals surface area contributed by atoms with Crippen molar-refractivity contribution in [1.29, 1.82) is 0 Å². The first kappa shape index (κ1) is 20.3. The summed E-state index contributed by atoms with van der Waals surface area (Å²) in [6, 6.07) is 6.70. The van der Waals surface area contributed by atoms with Crippen molar-refractivity contribution in [3.63, 3.8) is 0 Å². The third-order valence-corrected chi connectivity index (χ3v) is 7.18. The van der Waals surface area contributed by atoms with Gasteiger partial charge in [0.05, 0.1) is 37.2 Å². The summed E-state index contributed by atoms with van der Waals surface area (Å²) in [5.41, 5.74) is -0.862. The molecule has 11 heteroatoms. The first-order valence-corrected chi connectivity index (χ1v) is 10.8. The molecule has 0 bridgehead atoms. The van der Waals surface area contributed by atoms with Crippen LogP contribution in [0.1, 0.15) is 11.1 Å². The van der Waals surface area contributed by atoms with Crippen LogP contribution in [0, 0.1) is 0 Å². The number of ketones is 1. The van der Waals surface area contributed by atoms with E-state index in [0.29, 0.717) is 27.6 Å². The molecule has 35 heavy (non-hydrogen) atoms. The van der Waals surface area contributed by atoms with Crippen molar-refractivity contribution in [3.05, 3.63) is 51.4 Å². The lowest BCUT2D eigenvalue weighted by atomic mass is 9.73. The number of Topliss-reactive ketones (excluding diaryl/α,β-unsaturated/α-hetero) is 1. The number of methoxy groups -OCH3 is 2. The number of carbonyl (C=O) groups is 2. The fourth-order valence-electron chi connectivity index (χ4n) is 5.65. The van der Waals surface area contributed by atoms with E-state index in [1.807, 2.05) is 0 Å². The molecule has 0 unspecified atom stereocenters. The molecule has 4 heterocycles. The van der Waals surface area contributed by atoms with Gasteiger partial charge in [-0.05, 0) is 17.7 Å². The maximum atomic E-state index is 13.2. The highest BCUT2D eigenvalue weighted by Gasteiger charge is 2.72. The highest BCUT2D eigenvalue weighted by molar-refractivity contribution is 6.16. The Balaban J connectivity index is 1.56. The van der Waals surface area contributed by atoms with Crippen LogP contribution in [0.25, 0.3) is 27.8 Å². The highest BCUT2D eigenvalue weighted by atomic mass is 16.6. The van der Waals surface area contributed by atoms with Crippen molar-refractivity contribution in [1.82, 2.24) is 4.74 Å². The van der Waals surface area contributed by atoms with Crippen molar-refractivity contribution in [2.24, 2.45) is 0 Å². The number of rotatable bonds is 2. The minimum Gasteiger partial charge on any atom is -0.506 e. The lowest BCUT2D eigenvalue weighted by molar-refractivity contribution is -0.168. The number of carbonyl (C=O) groups excluding carboxylic acids is 2. The molecule has 11 nitrogen and oxygen atoms in total. The van der Waals surface area contributed by atoms with Crippen LogP contribution in [-0.2, 0) is 25.6 Å². The van der Waals surface area contributed by atoms with Crippen LogP contribution in [0.2, 0.25) is 0 Å². The van der Waals surface area contributed by atoms with Crippen LogP contribution >= 0.6 is 0 Å². The molecule has 178 valence electrons. The van der Waals surface area contributed by atoms with Crippen molar-refractivity contribution in [3.8, 4) is 22.6 Å². The first-order chi connectivity index (χ1) is 16.8. The van der Waals surface area contributed by atoms with Crippen LogP contribution < -0.4 is 15.1 Å². The van der Waals surface area contributed by atoms with Gasteiger partial charge >= 0.3 is 11.6 Å². The fraction of sp³-hybridized carbons (Fsp3) is 0.292. The summed E-state index contributed by atoms with van der Waals surface area (Å²) in [5, 5.41) is 22.8. The molecule has 3 aromatic rings. The van der Waals surface area contributed by atoms with Crippen LogP contribution in [-0.4, -0.2) is 64.8 Å². The number of fused-ring (bicyclic) bond motifs is 5. The summed E-state index contributed by atoms with van der Waals surface area (Å²) in [6.45, 7) is 0.135. The van der Waals surface area contributed by atoms with Gasteiger partial charge in [0.2, 0.25) is 0 Å². The molecule has 3 aliphatic heterocycles. The lowest BCUT2D eigenvalue weighted by Crippen LogP contribution is -2.64. The summed E-state index contributed by atoms with van der Waals surface area (Å²) in [4.78, 5) is 38.5. The minimum atomic E-state index is -2.32. The van der Waals surface area contributed by atoms with Gasteiger partial charge in [0.15, 0.2) is 5.78 Å². The van der Waals surface area contributed by atoms with E-state index in [9.17, 15) is 24.6 Å². The number of para-hydroxylation sites is 1. The number of benzene rings is 2. The molecule has 1 saturated carbocycles. The number of nitrogens with zero attached hydrogens (tertiary/aromatic N) is 1. The molecule has 0 spiro atoms. The Bertz CT molecular complexity index is 1610. The Morgan fingerprint density at radius 3 is 2.77 bits per heavy atom. The molecule has 2 N–H and O–H groups in total. The van der Waals surface area contributed by atoms with E-state index in [2.05, 4.69) is 0 Å². The number of epoxide rings is 1. The predicted octanol–water partition coefficient (Wildman–Crippen LogP) is 0.916. The average Bonchev–Trinajstić information content (AvgIpc) is 3.60. The van der Waals surface area contributed by atoms with Gasteiger partial charge < -0.3 is 33.7 Å². The third-order valence-electron chi connectivity index (χ3n) is 7.18. The molecule has 7 rings (SSSR count). The number of ether oxygens (including phenoxy) is 4. The monoisotopic (exact) mass is 479 g/mol. The summed E-state index contributed by atoms with van der Waals surface area (Å²) >= 11 is 0. The average molecular weight is 479 g/mol. The number of aliphatic hydroxyl groups excluding tert-OH is 2. The summed E-state index contributed by atoms with van der Waals surface area (Å²) in [5.74, 6) is -2.14. The normalized spacial score (nSPS) is 27.4. The molecule has 1 saturated heterocycles. The van der Waals surface area contributed by atoms with Crippen molar-refractivity contribution < 1.29 is 43.3 Å². The quantitative estimate of drug-likeness (QED) is 0.314. The maximum absolute atomic E-state index is 13.2. The van der Waals surface area contributed by atoms with E-state index >= 15 is 0 Å². The molecule has 2 aromatic carbocycles. The molecular formula is C24H17NO10. The van der Waals surface area contributed by atoms with E-state index in [-0.39, 0.29) is 23.6 Å². The first-order valence-electron chi connectivity index (χ1n) is 10.8. The fourth-order valence-corrected chi connectivity index (χ4v) is 5.65. The van der Waals surface area contributed by atoms with Crippen molar-refractivity contribution >= 4 is 28.4 Å². The Kier molecular flexibility index (Phi) is 3.66. The van der Waals surface area contributed by atoms with Crippen molar-refractivity contribution in [2.75, 3.05) is 14.2 Å². The van der Waals surface area contributed by atoms with Crippen LogP contribution in [0.4, 0.5) is 0 Å². The number of hydrogen-bond acceptors (Lipinski definition) is 10. The lowest BCUT2D eigenvalue weighted by Gasteiger charge is -2.42. The standard InChI is InChI=1S/C24H17NO10/c1-31-18-12-8(7-25-15-9(12)4-3-5-10(15)22(29)35-25)6-11-13(18)16(26)14-17(27)19-20(33-19)21(28)24(14,34-11)23(30)32-2/h3-6,19-21,26,28H,7H2,1-2H3/t19-,20-,21-,24-/m0/s1. The van der Waals surface area contributed by atoms with Gasteiger partial charge in [0.25, 0.3) is 5.60 Å². The van der Waals surface area contributed by atoms with Crippen LogP contribution in [0.5, 0.6) is 11.5 Å². The van der Waals surface area contributed by atoms with Crippen molar-refractivity contribution in [2.45, 2.75) is 30.5 Å². The molecule has 0 radical (unpaired) electrons. The molecular weight excluding hydrogens is 462 g/mol. The molecule has 0 amide bonds. The van der Waals surface area contributed by atoms with E-state index in [1.54, 1.807) is 24.3 Å². The molecule has 4 aliphatic rings. The number of esters is 1. The second-order valence-corrected chi connectivity index (χ2v) is 8.82. The van der Waals surface area contributed by atoms with Gasteiger partial charge in [-0.1, -0.05) is 12.1 Å². The summed E-state index contributed by atoms with van der Waals surface area (Å²) in [6.07, 6.45) is -3.57. The minimum absolute atomic E-state index is 0.0108. The Morgan fingerprint density at radius 2 is 2.03 bits per heavy atom. The van der Waals surface area contributed by atoms with Gasteiger partial charge in [0, 0.05) is 11.1 Å². The molecule has 1 aromatic heterocycles. The smallest absolute Gasteiger partial charge is 0.365 e. The van der Waals surface area contributed by atoms with Gasteiger partial charge in [-0.15, -0.1) is 0 Å². The van der Waals surface area contributed by atoms with Gasteiger partial charge in [0.1, 0.15) is 41.1 Å². The number of hydrogen-bond donors (Lipinski definition) is 2. The maximum Gasteiger partial charge on any atom is 0.365 e. The zero-order valence-corrected chi connectivity index (χ0v) is 18.4. The topological polar surface area (TPSA) is 150 Å². The molecule has 1 aliphatic carbocycles. The predicted molar refractivity (Wildman–Crippen MR) is 116 cm³/mol. The number of aliphatic hydroxyl groups is 2. The third kappa shape index (κ3) is 2.20. The number of aromatic nitrogens is 1. The van der Waals surface area contributed by atoms with E-state index in [1.165, 1.54) is 11.8 Å². The van der Waals surface area contributed by atoms with Crippen LogP contribution in [0.15, 0.2) is 39.2 Å². The van der Waals surface area contributed by atoms with E-state index in [4.69, 9.17) is 23.5 Å². The van der Waals surface area contributed by atoms with Crippen LogP contribution in [0.3, 0.4) is 0 Å². The Labute approximate surface area is 195 Å². The zero-order chi connectivity index (χ0) is 24.4. The molecule has 4 atom stereocenters. The van der Waals surface area contributed by atoms with Gasteiger partial charge in [-0.3, -0.25) is 4.79 Å². The highest BCUT2D eigenvalue weighted by Crippen LogP contribution is 2.56. The second-order valence-electron chi connectivity index (χ2n) is 8.82. The SMILES string of the molecule is COC(=O)[C@]12Oc3cc4c(c(OC)c3C(O)=C1C(=O)[C@@H]1O[C@@H]1[C@@H]2O)-c1cccc2c(=O)on(c12)C4. The molecule has 2 fully saturated rings. The summed E-state index contributed by atoms with van der Waals surface area (Å²) in [7, 11) is 2.48. The van der Waals surface area contributed by atoms with E-state index in [0.717, 1.165) is 7.11 Å². The zero-order valence-electron chi connectivity index (χ0n) is 18.4. The van der Waals surface area contributed by atoms with Gasteiger partial charge in [-0.2, -0.15) is 0 Å². The van der Waals surface area contributed by atoms with Gasteiger partial charge in [-0.25, -0.2) is 14.3 Å². The van der Waals surface area contributed by atoms with E-state index < -0.39 is 52.6 Å². The Morgan fingerprint density at radius 1 is 1.23 bits per heavy atom. The summed E-state index contributed by atoms with van der Waals surface area (Å²) < 4.78 is 28.8. The second kappa shape index (κ2) is 6.32. The Hall–Kier alpha value is -4.09.